The Morgan fingerprint density at radius 3 is 2.26 bits per heavy atom. The molecule has 3 aromatic rings. The van der Waals surface area contributed by atoms with Gasteiger partial charge < -0.3 is 15.0 Å². The van der Waals surface area contributed by atoms with E-state index in [9.17, 15) is 9.59 Å². The minimum Gasteiger partial charge on any atom is -0.494 e. The number of rotatable bonds is 11. The number of amides is 2. The van der Waals surface area contributed by atoms with Crippen LogP contribution in [0.1, 0.15) is 29.5 Å². The maximum Gasteiger partial charge on any atom is 0.242 e. The average molecular weight is 479 g/mol. The van der Waals surface area contributed by atoms with Crippen LogP contribution in [0.15, 0.2) is 78.9 Å². The molecule has 6 heteroatoms. The lowest BCUT2D eigenvalue weighted by Crippen LogP contribution is -2.49. The van der Waals surface area contributed by atoms with E-state index in [1.54, 1.807) is 24.1 Å². The van der Waals surface area contributed by atoms with Crippen LogP contribution in [0.5, 0.6) is 5.75 Å². The van der Waals surface area contributed by atoms with Crippen LogP contribution in [0.2, 0.25) is 5.02 Å². The van der Waals surface area contributed by atoms with Crippen LogP contribution in [-0.4, -0.2) is 36.4 Å². The van der Waals surface area contributed by atoms with E-state index in [0.717, 1.165) is 16.9 Å². The molecule has 1 unspecified atom stereocenters. The number of carbonyl (C=O) groups excluding carboxylic acids is 2. The van der Waals surface area contributed by atoms with E-state index >= 15 is 0 Å². The summed E-state index contributed by atoms with van der Waals surface area (Å²) in [6.07, 6.45) is 1.26. The number of hydrogen-bond donors (Lipinski definition) is 1. The summed E-state index contributed by atoms with van der Waals surface area (Å²) in [4.78, 5) is 28.0. The molecule has 178 valence electrons. The Hall–Kier alpha value is -3.31. The van der Waals surface area contributed by atoms with E-state index < -0.39 is 6.04 Å². The lowest BCUT2D eigenvalue weighted by molar-refractivity contribution is -0.141. The smallest absolute Gasteiger partial charge is 0.242 e. The quantitative estimate of drug-likeness (QED) is 0.386. The van der Waals surface area contributed by atoms with Gasteiger partial charge in [0, 0.05) is 31.5 Å². The molecule has 1 N–H and O–H groups in total. The maximum absolute atomic E-state index is 13.4. The number of benzene rings is 3. The van der Waals surface area contributed by atoms with Gasteiger partial charge in [-0.25, -0.2) is 0 Å². The molecule has 0 aliphatic rings. The molecule has 3 aromatic carbocycles. The summed E-state index contributed by atoms with van der Waals surface area (Å²) >= 11 is 6.04. The van der Waals surface area contributed by atoms with Crippen molar-refractivity contribution in [2.45, 2.75) is 38.8 Å². The summed E-state index contributed by atoms with van der Waals surface area (Å²) in [5, 5.41) is 3.36. The van der Waals surface area contributed by atoms with Crippen molar-refractivity contribution >= 4 is 23.4 Å². The monoisotopic (exact) mass is 478 g/mol. The van der Waals surface area contributed by atoms with E-state index in [-0.39, 0.29) is 18.2 Å². The molecule has 1 atom stereocenters. The summed E-state index contributed by atoms with van der Waals surface area (Å²) in [6, 6.07) is 24.3. The third-order valence-corrected chi connectivity index (χ3v) is 5.86. The van der Waals surface area contributed by atoms with Gasteiger partial charge in [-0.15, -0.1) is 0 Å². The van der Waals surface area contributed by atoms with Crippen molar-refractivity contribution < 1.29 is 14.3 Å². The third-order valence-electron chi connectivity index (χ3n) is 5.61. The predicted molar refractivity (Wildman–Crippen MR) is 136 cm³/mol. The molecule has 3 rings (SSSR count). The normalized spacial score (nSPS) is 11.5. The molecule has 0 spiro atoms. The molecular weight excluding hydrogens is 448 g/mol. The Labute approximate surface area is 206 Å². The van der Waals surface area contributed by atoms with Crippen LogP contribution in [0.4, 0.5) is 0 Å². The van der Waals surface area contributed by atoms with Crippen LogP contribution in [0.25, 0.3) is 0 Å². The van der Waals surface area contributed by atoms with Gasteiger partial charge in [0.2, 0.25) is 11.8 Å². The number of hydrogen-bond acceptors (Lipinski definition) is 3. The van der Waals surface area contributed by atoms with Crippen LogP contribution in [-0.2, 0) is 22.6 Å². The molecule has 0 radical (unpaired) electrons. The van der Waals surface area contributed by atoms with Gasteiger partial charge in [0.15, 0.2) is 0 Å². The number of aryl methyl sites for hydroxylation is 1. The van der Waals surface area contributed by atoms with Crippen LogP contribution in [0, 0.1) is 6.92 Å². The largest absolute Gasteiger partial charge is 0.494 e. The Morgan fingerprint density at radius 1 is 0.941 bits per heavy atom. The lowest BCUT2D eigenvalue weighted by atomic mass is 10.0. The Balaban J connectivity index is 1.73. The van der Waals surface area contributed by atoms with Crippen molar-refractivity contribution in [3.63, 3.8) is 0 Å². The molecular formula is C28H31ClN2O3. The molecule has 0 fully saturated rings. The molecule has 0 bridgehead atoms. The molecule has 0 aliphatic carbocycles. The predicted octanol–water partition coefficient (Wildman–Crippen LogP) is 5.19. The Kier molecular flexibility index (Phi) is 9.53. The highest BCUT2D eigenvalue weighted by atomic mass is 35.5. The Morgan fingerprint density at radius 2 is 1.62 bits per heavy atom. The van der Waals surface area contributed by atoms with Crippen molar-refractivity contribution in [3.8, 4) is 5.75 Å². The molecule has 2 amide bonds. The second kappa shape index (κ2) is 12.8. The minimum atomic E-state index is -0.631. The topological polar surface area (TPSA) is 58.6 Å². The van der Waals surface area contributed by atoms with Gasteiger partial charge in [-0.3, -0.25) is 9.59 Å². The van der Waals surface area contributed by atoms with E-state index in [1.807, 2.05) is 73.7 Å². The van der Waals surface area contributed by atoms with Crippen LogP contribution in [0.3, 0.4) is 0 Å². The fraction of sp³-hybridized carbons (Fsp3) is 0.286. The van der Waals surface area contributed by atoms with E-state index in [1.165, 1.54) is 5.56 Å². The molecule has 5 nitrogen and oxygen atoms in total. The molecule has 0 heterocycles. The zero-order valence-electron chi connectivity index (χ0n) is 19.7. The van der Waals surface area contributed by atoms with Gasteiger partial charge in [-0.1, -0.05) is 71.8 Å². The SMILES string of the molecule is CNC(=O)C(Cc1ccccc1)N(Cc1ccc(Cl)cc1)C(=O)CCCOc1ccc(C)cc1. The van der Waals surface area contributed by atoms with Crippen molar-refractivity contribution in [2.24, 2.45) is 0 Å². The van der Waals surface area contributed by atoms with Gasteiger partial charge in [-0.05, 0) is 48.7 Å². The Bertz CT molecular complexity index is 1050. The second-order valence-electron chi connectivity index (χ2n) is 8.23. The standard InChI is InChI=1S/C28H31ClN2O3/c1-21-10-16-25(17-11-21)34-18-6-9-27(32)31(20-23-12-14-24(29)15-13-23)26(28(33)30-2)19-22-7-4-3-5-8-22/h3-5,7-8,10-17,26H,6,9,18-20H2,1-2H3,(H,30,33). The summed E-state index contributed by atoms with van der Waals surface area (Å²) in [7, 11) is 1.60. The van der Waals surface area contributed by atoms with Crippen molar-refractivity contribution in [1.82, 2.24) is 10.2 Å². The van der Waals surface area contributed by atoms with Gasteiger partial charge in [0.1, 0.15) is 11.8 Å². The van der Waals surface area contributed by atoms with Gasteiger partial charge in [0.05, 0.1) is 6.61 Å². The molecule has 0 saturated carbocycles. The summed E-state index contributed by atoms with van der Waals surface area (Å²) in [5.74, 6) is 0.498. The molecule has 0 aliphatic heterocycles. The molecule has 0 aromatic heterocycles. The van der Waals surface area contributed by atoms with Crippen LogP contribution < -0.4 is 10.1 Å². The zero-order valence-corrected chi connectivity index (χ0v) is 20.4. The van der Waals surface area contributed by atoms with Crippen molar-refractivity contribution in [1.29, 1.82) is 0 Å². The fourth-order valence-corrected chi connectivity index (χ4v) is 3.82. The highest BCUT2D eigenvalue weighted by molar-refractivity contribution is 6.30. The fourth-order valence-electron chi connectivity index (χ4n) is 3.70. The zero-order chi connectivity index (χ0) is 24.3. The first kappa shape index (κ1) is 25.3. The summed E-state index contributed by atoms with van der Waals surface area (Å²) in [6.45, 7) is 2.77. The summed E-state index contributed by atoms with van der Waals surface area (Å²) < 4.78 is 5.78. The number of carbonyl (C=O) groups is 2. The van der Waals surface area contributed by atoms with E-state index in [0.29, 0.717) is 31.0 Å². The highest BCUT2D eigenvalue weighted by Crippen LogP contribution is 2.18. The summed E-state index contributed by atoms with van der Waals surface area (Å²) in [5.41, 5.74) is 3.07. The highest BCUT2D eigenvalue weighted by Gasteiger charge is 2.29. The number of ether oxygens (including phenoxy) is 1. The number of nitrogens with zero attached hydrogens (tertiary/aromatic N) is 1. The van der Waals surface area contributed by atoms with E-state index in [2.05, 4.69) is 5.32 Å². The number of nitrogens with one attached hydrogen (secondary N) is 1. The minimum absolute atomic E-state index is 0.0908. The van der Waals surface area contributed by atoms with Gasteiger partial charge in [0.25, 0.3) is 0 Å². The first-order valence-corrected chi connectivity index (χ1v) is 11.8. The maximum atomic E-state index is 13.4. The first-order chi connectivity index (χ1) is 16.5. The van der Waals surface area contributed by atoms with Gasteiger partial charge in [-0.2, -0.15) is 0 Å². The van der Waals surface area contributed by atoms with Gasteiger partial charge >= 0.3 is 0 Å². The lowest BCUT2D eigenvalue weighted by Gasteiger charge is -2.31. The average Bonchev–Trinajstić information content (AvgIpc) is 2.86. The second-order valence-corrected chi connectivity index (χ2v) is 8.67. The number of likely N-dealkylation sites (N-methyl/N-ethyl adjacent to an activating group) is 1. The molecule has 0 saturated heterocycles. The molecule has 34 heavy (non-hydrogen) atoms. The number of halogens is 1. The third kappa shape index (κ3) is 7.63. The van der Waals surface area contributed by atoms with E-state index in [4.69, 9.17) is 16.3 Å². The first-order valence-electron chi connectivity index (χ1n) is 11.4. The van der Waals surface area contributed by atoms with Crippen molar-refractivity contribution in [3.05, 3.63) is 101 Å². The van der Waals surface area contributed by atoms with Crippen molar-refractivity contribution in [2.75, 3.05) is 13.7 Å². The van der Waals surface area contributed by atoms with Crippen LogP contribution >= 0.6 is 11.6 Å².